The fraction of sp³-hybridized carbons (Fsp3) is 0.286. The average Bonchev–Trinajstić information content (AvgIpc) is 2.67. The lowest BCUT2D eigenvalue weighted by Gasteiger charge is -2.34. The summed E-state index contributed by atoms with van der Waals surface area (Å²) < 4.78 is 5.46. The number of allylic oxidation sites excluding steroid dienone is 1. The molecule has 2 aromatic carbocycles. The zero-order valence-electron chi connectivity index (χ0n) is 13.8. The first-order chi connectivity index (χ1) is 11.8. The molecule has 3 heteroatoms. The van der Waals surface area contributed by atoms with Crippen LogP contribution in [0.15, 0.2) is 66.7 Å². The van der Waals surface area contributed by atoms with E-state index >= 15 is 0 Å². The molecule has 0 aromatic heterocycles. The lowest BCUT2D eigenvalue weighted by atomic mass is 9.98. The van der Waals surface area contributed by atoms with Gasteiger partial charge in [-0.2, -0.15) is 0 Å². The highest BCUT2D eigenvalue weighted by atomic mass is 16.5. The van der Waals surface area contributed by atoms with Crippen molar-refractivity contribution in [3.63, 3.8) is 0 Å². The molecule has 0 spiro atoms. The summed E-state index contributed by atoms with van der Waals surface area (Å²) in [6.45, 7) is 3.21. The fourth-order valence-electron chi connectivity index (χ4n) is 3.03. The Morgan fingerprint density at radius 1 is 1.00 bits per heavy atom. The third-order valence-electron chi connectivity index (χ3n) is 4.33. The Bertz CT molecular complexity index is 661. The van der Waals surface area contributed by atoms with Crippen molar-refractivity contribution in [3.05, 3.63) is 77.9 Å². The van der Waals surface area contributed by atoms with E-state index in [1.807, 2.05) is 54.6 Å². The third-order valence-corrected chi connectivity index (χ3v) is 4.33. The second-order valence-electron chi connectivity index (χ2n) is 5.99. The first kappa shape index (κ1) is 16.6. The molecule has 124 valence electrons. The molecule has 1 fully saturated rings. The van der Waals surface area contributed by atoms with Gasteiger partial charge in [-0.3, -0.25) is 9.69 Å². The van der Waals surface area contributed by atoms with Crippen LogP contribution in [0.2, 0.25) is 0 Å². The number of hydrogen-bond donors (Lipinski definition) is 0. The number of hydrogen-bond acceptors (Lipinski definition) is 3. The number of nitrogens with zero attached hydrogens (tertiary/aromatic N) is 1. The molecule has 1 aliphatic heterocycles. The van der Waals surface area contributed by atoms with E-state index in [0.717, 1.165) is 31.9 Å². The predicted octanol–water partition coefficient (Wildman–Crippen LogP) is 3.73. The first-order valence-electron chi connectivity index (χ1n) is 8.45. The molecule has 24 heavy (non-hydrogen) atoms. The molecule has 0 radical (unpaired) electrons. The van der Waals surface area contributed by atoms with Crippen LogP contribution in [0.3, 0.4) is 0 Å². The van der Waals surface area contributed by atoms with E-state index in [2.05, 4.69) is 17.0 Å². The van der Waals surface area contributed by atoms with Crippen molar-refractivity contribution in [3.8, 4) is 0 Å². The Morgan fingerprint density at radius 3 is 2.29 bits per heavy atom. The van der Waals surface area contributed by atoms with Gasteiger partial charge in [-0.15, -0.1) is 0 Å². The lowest BCUT2D eigenvalue weighted by Crippen LogP contribution is -2.39. The highest BCUT2D eigenvalue weighted by Gasteiger charge is 2.24. The van der Waals surface area contributed by atoms with Crippen LogP contribution in [0, 0.1) is 0 Å². The van der Waals surface area contributed by atoms with Crippen molar-refractivity contribution < 1.29 is 9.53 Å². The Hall–Kier alpha value is -2.23. The Labute approximate surface area is 143 Å². The van der Waals surface area contributed by atoms with Gasteiger partial charge in [0.2, 0.25) is 0 Å². The summed E-state index contributed by atoms with van der Waals surface area (Å²) in [4.78, 5) is 14.9. The number of ether oxygens (including phenoxy) is 1. The van der Waals surface area contributed by atoms with Crippen LogP contribution in [-0.2, 0) is 9.53 Å². The van der Waals surface area contributed by atoms with Crippen molar-refractivity contribution >= 4 is 11.9 Å². The van der Waals surface area contributed by atoms with Crippen molar-refractivity contribution in [1.29, 1.82) is 0 Å². The van der Waals surface area contributed by atoms with Gasteiger partial charge in [0.1, 0.15) is 0 Å². The molecule has 2 aromatic rings. The Balaban J connectivity index is 1.71. The van der Waals surface area contributed by atoms with Gasteiger partial charge in [0, 0.05) is 25.6 Å². The highest BCUT2D eigenvalue weighted by molar-refractivity contribution is 5.94. The monoisotopic (exact) mass is 321 g/mol. The quantitative estimate of drug-likeness (QED) is 0.759. The summed E-state index contributed by atoms with van der Waals surface area (Å²) in [7, 11) is 0. The van der Waals surface area contributed by atoms with Crippen LogP contribution >= 0.6 is 0 Å². The predicted molar refractivity (Wildman–Crippen MR) is 96.7 cm³/mol. The Morgan fingerprint density at radius 2 is 1.62 bits per heavy atom. The van der Waals surface area contributed by atoms with E-state index in [-0.39, 0.29) is 11.8 Å². The molecule has 0 amide bonds. The van der Waals surface area contributed by atoms with Gasteiger partial charge >= 0.3 is 0 Å². The summed E-state index contributed by atoms with van der Waals surface area (Å²) in [5, 5.41) is 0. The summed E-state index contributed by atoms with van der Waals surface area (Å²) in [6, 6.07) is 20.3. The van der Waals surface area contributed by atoms with Gasteiger partial charge in [0.25, 0.3) is 0 Å². The first-order valence-corrected chi connectivity index (χ1v) is 8.45. The zero-order chi connectivity index (χ0) is 16.6. The van der Waals surface area contributed by atoms with E-state index < -0.39 is 0 Å². The molecule has 3 rings (SSSR count). The van der Waals surface area contributed by atoms with Gasteiger partial charge in [0.05, 0.1) is 13.2 Å². The molecule has 3 nitrogen and oxygen atoms in total. The fourth-order valence-corrected chi connectivity index (χ4v) is 3.03. The van der Waals surface area contributed by atoms with E-state index in [0.29, 0.717) is 6.42 Å². The second-order valence-corrected chi connectivity index (χ2v) is 5.99. The number of carbonyl (C=O) groups excluding carboxylic acids is 1. The summed E-state index contributed by atoms with van der Waals surface area (Å²) in [6.07, 6.45) is 4.09. The Kier molecular flexibility index (Phi) is 5.94. The summed E-state index contributed by atoms with van der Waals surface area (Å²) >= 11 is 0. The van der Waals surface area contributed by atoms with Crippen molar-refractivity contribution in [2.24, 2.45) is 0 Å². The number of carbonyl (C=O) groups is 1. The smallest absolute Gasteiger partial charge is 0.157 e. The highest BCUT2D eigenvalue weighted by Crippen LogP contribution is 2.25. The number of rotatable bonds is 6. The van der Waals surface area contributed by atoms with Gasteiger partial charge in [-0.05, 0) is 17.2 Å². The van der Waals surface area contributed by atoms with Crippen molar-refractivity contribution in [1.82, 2.24) is 4.90 Å². The molecule has 1 aliphatic rings. The average molecular weight is 321 g/mol. The van der Waals surface area contributed by atoms with Crippen LogP contribution in [0.1, 0.15) is 23.6 Å². The molecule has 1 atom stereocenters. The van der Waals surface area contributed by atoms with E-state index in [1.54, 1.807) is 6.08 Å². The molecule has 1 saturated heterocycles. The van der Waals surface area contributed by atoms with Crippen LogP contribution < -0.4 is 0 Å². The van der Waals surface area contributed by atoms with Crippen molar-refractivity contribution in [2.45, 2.75) is 12.5 Å². The normalized spacial score (nSPS) is 17.0. The molecule has 1 unspecified atom stereocenters. The van der Waals surface area contributed by atoms with Gasteiger partial charge in [-0.1, -0.05) is 66.7 Å². The number of morpholine rings is 1. The molecule has 0 aliphatic carbocycles. The SMILES string of the molecule is O=C(/C=C/c1ccccc1)CC(c1ccccc1)N1CCOCC1. The molecule has 0 N–H and O–H groups in total. The standard InChI is InChI=1S/C21H23NO2/c23-20(12-11-18-7-3-1-4-8-18)17-21(19-9-5-2-6-10-19)22-13-15-24-16-14-22/h1-12,21H,13-17H2/b12-11+. The van der Waals surface area contributed by atoms with Gasteiger partial charge < -0.3 is 4.74 Å². The maximum Gasteiger partial charge on any atom is 0.157 e. The van der Waals surface area contributed by atoms with Gasteiger partial charge in [-0.25, -0.2) is 0 Å². The maximum atomic E-state index is 12.5. The topological polar surface area (TPSA) is 29.5 Å². The largest absolute Gasteiger partial charge is 0.379 e. The minimum Gasteiger partial charge on any atom is -0.379 e. The van der Waals surface area contributed by atoms with E-state index in [9.17, 15) is 4.79 Å². The maximum absolute atomic E-state index is 12.5. The third kappa shape index (κ3) is 4.63. The van der Waals surface area contributed by atoms with Crippen LogP contribution in [0.4, 0.5) is 0 Å². The number of ketones is 1. The van der Waals surface area contributed by atoms with Crippen LogP contribution in [-0.4, -0.2) is 37.0 Å². The van der Waals surface area contributed by atoms with Crippen molar-refractivity contribution in [2.75, 3.05) is 26.3 Å². The van der Waals surface area contributed by atoms with Crippen LogP contribution in [0.5, 0.6) is 0 Å². The molecule has 0 bridgehead atoms. The summed E-state index contributed by atoms with van der Waals surface area (Å²) in [5.41, 5.74) is 2.24. The van der Waals surface area contributed by atoms with E-state index in [4.69, 9.17) is 4.74 Å². The summed E-state index contributed by atoms with van der Waals surface area (Å²) in [5.74, 6) is 0.152. The van der Waals surface area contributed by atoms with Gasteiger partial charge in [0.15, 0.2) is 5.78 Å². The zero-order valence-corrected chi connectivity index (χ0v) is 13.8. The molecule has 1 heterocycles. The molecular formula is C21H23NO2. The van der Waals surface area contributed by atoms with Crippen LogP contribution in [0.25, 0.3) is 6.08 Å². The number of benzene rings is 2. The molecule has 0 saturated carbocycles. The minimum absolute atomic E-state index is 0.114. The second kappa shape index (κ2) is 8.57. The minimum atomic E-state index is 0.114. The lowest BCUT2D eigenvalue weighted by molar-refractivity contribution is -0.116. The van der Waals surface area contributed by atoms with E-state index in [1.165, 1.54) is 5.56 Å². The molecular weight excluding hydrogens is 298 g/mol.